The van der Waals surface area contributed by atoms with Gasteiger partial charge >= 0.3 is 5.97 Å². The molecule has 1 aliphatic heterocycles. The highest BCUT2D eigenvalue weighted by atomic mass is 32.2. The van der Waals surface area contributed by atoms with Crippen molar-refractivity contribution in [3.63, 3.8) is 0 Å². The van der Waals surface area contributed by atoms with Gasteiger partial charge in [0.2, 0.25) is 16.6 Å². The van der Waals surface area contributed by atoms with E-state index in [1.165, 1.54) is 12.1 Å². The number of nitrogens with one attached hydrogen (secondary N) is 1. The fourth-order valence-corrected chi connectivity index (χ4v) is 3.59. The van der Waals surface area contributed by atoms with Crippen molar-refractivity contribution in [2.45, 2.75) is 11.8 Å². The Morgan fingerprint density at radius 2 is 1.81 bits per heavy atom. The van der Waals surface area contributed by atoms with Gasteiger partial charge in [0, 0.05) is 18.0 Å². The lowest BCUT2D eigenvalue weighted by Crippen LogP contribution is -2.17. The lowest BCUT2D eigenvalue weighted by molar-refractivity contribution is -0.135. The van der Waals surface area contributed by atoms with Crippen LogP contribution in [0.4, 0.5) is 5.69 Å². The first-order valence-electron chi connectivity index (χ1n) is 7.68. The molecule has 0 amide bonds. The maximum atomic E-state index is 12.8. The van der Waals surface area contributed by atoms with Gasteiger partial charge < -0.3 is 19.5 Å². The molecule has 0 saturated heterocycles. The summed E-state index contributed by atoms with van der Waals surface area (Å²) < 4.78 is 40.7. The van der Waals surface area contributed by atoms with Crippen LogP contribution in [0, 0.1) is 6.92 Å². The van der Waals surface area contributed by atoms with Crippen LogP contribution in [0.5, 0.6) is 11.5 Å². The average molecular weight is 375 g/mol. The van der Waals surface area contributed by atoms with Crippen LogP contribution in [0.15, 0.2) is 58.5 Å². The second kappa shape index (κ2) is 7.09. The topological polar surface area (TPSA) is 90.9 Å². The Balaban J connectivity index is 1.94. The Morgan fingerprint density at radius 1 is 1.12 bits per heavy atom. The number of ether oxygens (including phenoxy) is 3. The third-order valence-corrected chi connectivity index (χ3v) is 5.51. The third kappa shape index (κ3) is 3.50. The lowest BCUT2D eigenvalue weighted by Gasteiger charge is -2.09. The summed E-state index contributed by atoms with van der Waals surface area (Å²) in [4.78, 5) is 11.6. The van der Waals surface area contributed by atoms with Crippen molar-refractivity contribution in [1.82, 2.24) is 0 Å². The van der Waals surface area contributed by atoms with Crippen LogP contribution >= 0.6 is 0 Å². The summed E-state index contributed by atoms with van der Waals surface area (Å²) in [5, 5.41) is 2.80. The van der Waals surface area contributed by atoms with Gasteiger partial charge in [-0.25, -0.2) is 13.2 Å². The molecule has 0 spiro atoms. The Kier molecular flexibility index (Phi) is 4.85. The highest BCUT2D eigenvalue weighted by molar-refractivity contribution is 7.96. The first kappa shape index (κ1) is 17.8. The SMILES string of the molecule is COC(=O)/C(=C\Nc1ccc2c(c1)OCO2)S(=O)(=O)c1ccc(C)cc1. The van der Waals surface area contributed by atoms with Gasteiger partial charge in [0.15, 0.2) is 16.4 Å². The molecule has 1 heterocycles. The number of anilines is 1. The molecule has 1 N–H and O–H groups in total. The molecule has 2 aromatic rings. The van der Waals surface area contributed by atoms with E-state index in [-0.39, 0.29) is 11.7 Å². The van der Waals surface area contributed by atoms with Crippen molar-refractivity contribution in [3.8, 4) is 11.5 Å². The minimum atomic E-state index is -4.04. The normalized spacial score (nSPS) is 13.4. The number of methoxy groups -OCH3 is 1. The second-order valence-corrected chi connectivity index (χ2v) is 7.45. The summed E-state index contributed by atoms with van der Waals surface area (Å²) in [6.45, 7) is 1.97. The number of carbonyl (C=O) groups excluding carboxylic acids is 1. The van der Waals surface area contributed by atoms with Gasteiger partial charge in [-0.2, -0.15) is 0 Å². The minimum Gasteiger partial charge on any atom is -0.465 e. The molecule has 1 aliphatic rings. The maximum Gasteiger partial charge on any atom is 0.351 e. The van der Waals surface area contributed by atoms with E-state index in [1.54, 1.807) is 30.3 Å². The molecular weight excluding hydrogens is 358 g/mol. The van der Waals surface area contributed by atoms with Crippen molar-refractivity contribution >= 4 is 21.5 Å². The number of esters is 1. The molecule has 0 fully saturated rings. The van der Waals surface area contributed by atoms with Crippen molar-refractivity contribution in [3.05, 3.63) is 59.1 Å². The van der Waals surface area contributed by atoms with Crippen LogP contribution in [0.2, 0.25) is 0 Å². The van der Waals surface area contributed by atoms with E-state index in [9.17, 15) is 13.2 Å². The average Bonchev–Trinajstić information content (AvgIpc) is 3.09. The van der Waals surface area contributed by atoms with Gasteiger partial charge in [0.25, 0.3) is 0 Å². The van der Waals surface area contributed by atoms with Crippen LogP contribution in [0.1, 0.15) is 5.56 Å². The molecule has 0 radical (unpaired) electrons. The zero-order chi connectivity index (χ0) is 18.7. The molecule has 7 nitrogen and oxygen atoms in total. The van der Waals surface area contributed by atoms with Gasteiger partial charge in [-0.15, -0.1) is 0 Å². The number of carbonyl (C=O) groups is 1. The molecule has 0 aliphatic carbocycles. The quantitative estimate of drug-likeness (QED) is 0.634. The van der Waals surface area contributed by atoms with Crippen molar-refractivity contribution in [1.29, 1.82) is 0 Å². The number of fused-ring (bicyclic) bond motifs is 1. The highest BCUT2D eigenvalue weighted by Crippen LogP contribution is 2.34. The molecule has 0 saturated carbocycles. The maximum absolute atomic E-state index is 12.8. The second-order valence-electron chi connectivity index (χ2n) is 5.53. The van der Waals surface area contributed by atoms with Crippen LogP contribution in [-0.2, 0) is 19.4 Å². The van der Waals surface area contributed by atoms with Crippen molar-refractivity contribution in [2.24, 2.45) is 0 Å². The van der Waals surface area contributed by atoms with Gasteiger partial charge in [-0.3, -0.25) is 0 Å². The fraction of sp³-hybridized carbons (Fsp3) is 0.167. The van der Waals surface area contributed by atoms with Crippen molar-refractivity contribution in [2.75, 3.05) is 19.2 Å². The largest absolute Gasteiger partial charge is 0.465 e. The predicted molar refractivity (Wildman–Crippen MR) is 94.7 cm³/mol. The number of benzene rings is 2. The van der Waals surface area contributed by atoms with Crippen LogP contribution < -0.4 is 14.8 Å². The van der Waals surface area contributed by atoms with Crippen LogP contribution in [0.3, 0.4) is 0 Å². The Morgan fingerprint density at radius 3 is 2.50 bits per heavy atom. The molecule has 0 unspecified atom stereocenters. The summed E-state index contributed by atoms with van der Waals surface area (Å²) >= 11 is 0. The molecular formula is C18H17NO6S. The summed E-state index contributed by atoms with van der Waals surface area (Å²) in [5.74, 6) is 0.170. The van der Waals surface area contributed by atoms with Gasteiger partial charge in [0.1, 0.15) is 0 Å². The minimum absolute atomic E-state index is 0.00670. The Labute approximate surface area is 151 Å². The highest BCUT2D eigenvalue weighted by Gasteiger charge is 2.28. The molecule has 2 aromatic carbocycles. The van der Waals surface area contributed by atoms with E-state index in [0.29, 0.717) is 17.2 Å². The molecule has 0 bridgehead atoms. The number of sulfone groups is 1. The van der Waals surface area contributed by atoms with Crippen molar-refractivity contribution < 1.29 is 27.4 Å². The summed E-state index contributed by atoms with van der Waals surface area (Å²) in [6, 6.07) is 11.2. The third-order valence-electron chi connectivity index (χ3n) is 3.75. The first-order chi connectivity index (χ1) is 12.4. The predicted octanol–water partition coefficient (Wildman–Crippen LogP) is 2.62. The molecule has 136 valence electrons. The summed E-state index contributed by atoms with van der Waals surface area (Å²) in [6.07, 6.45) is 1.11. The Hall–Kier alpha value is -3.00. The van der Waals surface area contributed by atoms with Gasteiger partial charge in [-0.1, -0.05) is 17.7 Å². The van der Waals surface area contributed by atoms with Gasteiger partial charge in [-0.05, 0) is 31.2 Å². The van der Waals surface area contributed by atoms with Crippen LogP contribution in [0.25, 0.3) is 0 Å². The van der Waals surface area contributed by atoms with E-state index in [4.69, 9.17) is 9.47 Å². The van der Waals surface area contributed by atoms with E-state index >= 15 is 0 Å². The standard InChI is InChI=1S/C18H17NO6S/c1-12-3-6-14(7-4-12)26(21,22)17(18(20)23-2)10-19-13-5-8-15-16(9-13)25-11-24-15/h3-10,19H,11H2,1-2H3/b17-10+. The number of hydrogen-bond acceptors (Lipinski definition) is 7. The summed E-state index contributed by atoms with van der Waals surface area (Å²) in [7, 11) is -2.92. The summed E-state index contributed by atoms with van der Waals surface area (Å²) in [5.41, 5.74) is 1.45. The Bertz CT molecular complexity index is 964. The molecule has 8 heteroatoms. The molecule has 3 rings (SSSR count). The lowest BCUT2D eigenvalue weighted by atomic mass is 10.2. The molecule has 0 atom stereocenters. The monoisotopic (exact) mass is 375 g/mol. The number of aryl methyl sites for hydroxylation is 1. The zero-order valence-electron chi connectivity index (χ0n) is 14.2. The van der Waals surface area contributed by atoms with Crippen LogP contribution in [-0.4, -0.2) is 28.3 Å². The van der Waals surface area contributed by atoms with E-state index in [2.05, 4.69) is 10.1 Å². The first-order valence-corrected chi connectivity index (χ1v) is 9.16. The fourth-order valence-electron chi connectivity index (χ4n) is 2.33. The van der Waals surface area contributed by atoms with E-state index in [0.717, 1.165) is 18.9 Å². The molecule has 0 aromatic heterocycles. The zero-order valence-corrected chi connectivity index (χ0v) is 15.0. The smallest absolute Gasteiger partial charge is 0.351 e. The van der Waals surface area contributed by atoms with E-state index < -0.39 is 20.7 Å². The van der Waals surface area contributed by atoms with E-state index in [1.807, 2.05) is 6.92 Å². The molecule has 26 heavy (non-hydrogen) atoms. The number of rotatable bonds is 5. The van der Waals surface area contributed by atoms with Gasteiger partial charge in [0.05, 0.1) is 12.0 Å². The number of hydrogen-bond donors (Lipinski definition) is 1.